The summed E-state index contributed by atoms with van der Waals surface area (Å²) in [5.41, 5.74) is 3.08. The summed E-state index contributed by atoms with van der Waals surface area (Å²) < 4.78 is 50.9. The topological polar surface area (TPSA) is 114 Å². The van der Waals surface area contributed by atoms with E-state index in [4.69, 9.17) is 11.6 Å². The molecule has 1 amide bonds. The second kappa shape index (κ2) is 11.0. The minimum absolute atomic E-state index is 0.0297. The van der Waals surface area contributed by atoms with Gasteiger partial charge in [-0.25, -0.2) is 26.8 Å². The van der Waals surface area contributed by atoms with E-state index in [1.807, 2.05) is 37.3 Å². The van der Waals surface area contributed by atoms with Gasteiger partial charge in [0.1, 0.15) is 0 Å². The molecular weight excluding hydrogens is 558 g/mol. The zero-order valence-electron chi connectivity index (χ0n) is 22.4. The van der Waals surface area contributed by atoms with Crippen molar-refractivity contribution >= 4 is 37.2 Å². The van der Waals surface area contributed by atoms with E-state index in [9.17, 15) is 21.6 Å². The molecule has 1 aliphatic rings. The largest absolute Gasteiger partial charge is 0.329 e. The lowest BCUT2D eigenvalue weighted by Crippen LogP contribution is -2.41. The number of halogens is 1. The Kier molecular flexibility index (Phi) is 8.21. The molecule has 0 aliphatic carbocycles. The normalized spacial score (nSPS) is 17.2. The molecule has 1 aromatic heterocycles. The number of carbonyl (C=O) groups excluding carboxylic acids is 1. The first kappa shape index (κ1) is 29.2. The van der Waals surface area contributed by atoms with Crippen LogP contribution in [0.3, 0.4) is 0 Å². The molecule has 1 atom stereocenters. The molecule has 208 valence electrons. The highest BCUT2D eigenvalue weighted by molar-refractivity contribution is 7.91. The van der Waals surface area contributed by atoms with Gasteiger partial charge in [0.25, 0.3) is 5.91 Å². The van der Waals surface area contributed by atoms with Gasteiger partial charge in [-0.2, -0.15) is 0 Å². The van der Waals surface area contributed by atoms with Crippen molar-refractivity contribution in [3.63, 3.8) is 0 Å². The van der Waals surface area contributed by atoms with Crippen molar-refractivity contribution in [2.24, 2.45) is 0 Å². The molecule has 4 rings (SSSR count). The predicted molar refractivity (Wildman–Crippen MR) is 151 cm³/mol. The third kappa shape index (κ3) is 7.04. The Morgan fingerprint density at radius 1 is 1.10 bits per heavy atom. The summed E-state index contributed by atoms with van der Waals surface area (Å²) in [6.07, 6.45) is 1.38. The second-order valence-electron chi connectivity index (χ2n) is 11.0. The van der Waals surface area contributed by atoms with Gasteiger partial charge in [0, 0.05) is 12.6 Å². The Hall–Kier alpha value is -2.82. The molecule has 8 nitrogen and oxygen atoms in total. The van der Waals surface area contributed by atoms with Gasteiger partial charge in [-0.3, -0.25) is 4.79 Å². The third-order valence-corrected chi connectivity index (χ3v) is 10.2. The van der Waals surface area contributed by atoms with E-state index in [1.54, 1.807) is 18.2 Å². The van der Waals surface area contributed by atoms with Crippen molar-refractivity contribution in [2.45, 2.75) is 63.0 Å². The average molecular weight is 590 g/mol. The van der Waals surface area contributed by atoms with Crippen LogP contribution in [0.1, 0.15) is 59.9 Å². The van der Waals surface area contributed by atoms with Gasteiger partial charge in [0.2, 0.25) is 15.0 Å². The molecule has 0 N–H and O–H groups in total. The summed E-state index contributed by atoms with van der Waals surface area (Å²) in [6, 6.07) is 14.3. The van der Waals surface area contributed by atoms with Crippen LogP contribution in [-0.4, -0.2) is 55.2 Å². The van der Waals surface area contributed by atoms with Crippen molar-refractivity contribution in [3.8, 4) is 0 Å². The number of rotatable bonds is 7. The van der Waals surface area contributed by atoms with Crippen LogP contribution in [0.2, 0.25) is 5.02 Å². The van der Waals surface area contributed by atoms with Crippen LogP contribution in [0, 0.1) is 6.92 Å². The fraction of sp³-hybridized carbons (Fsp3) is 0.393. The summed E-state index contributed by atoms with van der Waals surface area (Å²) in [4.78, 5) is 23.3. The van der Waals surface area contributed by atoms with E-state index in [0.717, 1.165) is 22.9 Å². The Bertz CT molecular complexity index is 1600. The monoisotopic (exact) mass is 589 g/mol. The Morgan fingerprint density at radius 3 is 2.38 bits per heavy atom. The van der Waals surface area contributed by atoms with Gasteiger partial charge in [-0.15, -0.1) is 0 Å². The number of aromatic nitrogens is 2. The first-order valence-corrected chi connectivity index (χ1v) is 16.4. The van der Waals surface area contributed by atoms with Crippen LogP contribution >= 0.6 is 11.6 Å². The van der Waals surface area contributed by atoms with Crippen LogP contribution < -0.4 is 0 Å². The predicted octanol–water partition coefficient (Wildman–Crippen LogP) is 4.54. The van der Waals surface area contributed by atoms with E-state index in [0.29, 0.717) is 5.56 Å². The summed E-state index contributed by atoms with van der Waals surface area (Å²) in [5.74, 6) is -1.19. The van der Waals surface area contributed by atoms with Gasteiger partial charge in [0.15, 0.2) is 15.5 Å². The summed E-state index contributed by atoms with van der Waals surface area (Å²) >= 11 is 6.32. The van der Waals surface area contributed by atoms with Crippen LogP contribution in [0.5, 0.6) is 0 Å². The van der Waals surface area contributed by atoms with E-state index < -0.39 is 36.8 Å². The fourth-order valence-corrected chi connectivity index (χ4v) is 7.66. The highest BCUT2D eigenvalue weighted by Gasteiger charge is 2.36. The molecule has 2 heterocycles. The van der Waals surface area contributed by atoms with Crippen LogP contribution in [-0.2, 0) is 37.4 Å². The fourth-order valence-electron chi connectivity index (χ4n) is 4.57. The Morgan fingerprint density at radius 2 is 1.79 bits per heavy atom. The number of hydrogen-bond acceptors (Lipinski definition) is 7. The molecule has 0 saturated carbocycles. The maximum Gasteiger partial charge on any atom is 0.274 e. The highest BCUT2D eigenvalue weighted by atomic mass is 35.5. The number of benzene rings is 2. The molecule has 39 heavy (non-hydrogen) atoms. The SMILES string of the molecule is Cc1cccc(CS(=O)(=O)c2ncc(Cl)c(C(=O)N(Cc3ccc(C(C)(C)C)cc3)C3CCS(=O)(=O)C3)n2)c1. The lowest BCUT2D eigenvalue weighted by Gasteiger charge is -2.29. The van der Waals surface area contributed by atoms with Gasteiger partial charge in [0.05, 0.1) is 28.5 Å². The van der Waals surface area contributed by atoms with Gasteiger partial charge < -0.3 is 4.90 Å². The third-order valence-electron chi connectivity index (χ3n) is 6.72. The Balaban J connectivity index is 1.68. The lowest BCUT2D eigenvalue weighted by molar-refractivity contribution is 0.0674. The van der Waals surface area contributed by atoms with Crippen molar-refractivity contribution in [3.05, 3.63) is 87.7 Å². The second-order valence-corrected chi connectivity index (χ2v) is 15.6. The quantitative estimate of drug-likeness (QED) is 0.372. The summed E-state index contributed by atoms with van der Waals surface area (Å²) in [7, 11) is -7.30. The van der Waals surface area contributed by atoms with E-state index >= 15 is 0 Å². The number of aryl methyl sites for hydroxylation is 1. The molecule has 3 aromatic rings. The smallest absolute Gasteiger partial charge is 0.274 e. The van der Waals surface area contributed by atoms with Gasteiger partial charge in [-0.05, 0) is 35.4 Å². The van der Waals surface area contributed by atoms with Crippen molar-refractivity contribution in [2.75, 3.05) is 11.5 Å². The maximum absolute atomic E-state index is 13.8. The van der Waals surface area contributed by atoms with Gasteiger partial charge in [-0.1, -0.05) is 86.5 Å². The molecule has 0 bridgehead atoms. The zero-order valence-corrected chi connectivity index (χ0v) is 24.8. The molecule has 0 spiro atoms. The molecule has 2 aromatic carbocycles. The molecular formula is C28H32ClN3O5S2. The molecule has 11 heteroatoms. The minimum Gasteiger partial charge on any atom is -0.329 e. The standard InChI is InChI=1S/C28H32ClN3O5S2/c1-19-6-5-7-21(14-19)17-39(36,37)27-30-15-24(29)25(31-27)26(33)32(23-12-13-38(34,35)18-23)16-20-8-10-22(11-9-20)28(2,3)4/h5-11,14-15,23H,12-13,16-18H2,1-4H3. The molecule has 1 saturated heterocycles. The van der Waals surface area contributed by atoms with Crippen molar-refractivity contribution in [1.29, 1.82) is 0 Å². The first-order chi connectivity index (χ1) is 18.1. The molecule has 1 unspecified atom stereocenters. The first-order valence-electron chi connectivity index (χ1n) is 12.6. The van der Waals surface area contributed by atoms with Crippen LogP contribution in [0.4, 0.5) is 0 Å². The van der Waals surface area contributed by atoms with Crippen LogP contribution in [0.25, 0.3) is 0 Å². The number of hydrogen-bond donors (Lipinski definition) is 0. The van der Waals surface area contributed by atoms with Crippen molar-refractivity contribution < 1.29 is 21.6 Å². The number of carbonyl (C=O) groups is 1. The average Bonchev–Trinajstić information content (AvgIpc) is 3.21. The molecule has 1 fully saturated rings. The lowest BCUT2D eigenvalue weighted by atomic mass is 9.86. The van der Waals surface area contributed by atoms with Crippen LogP contribution in [0.15, 0.2) is 59.9 Å². The maximum atomic E-state index is 13.8. The van der Waals surface area contributed by atoms with E-state index in [-0.39, 0.29) is 46.4 Å². The van der Waals surface area contributed by atoms with E-state index in [2.05, 4.69) is 30.7 Å². The zero-order chi connectivity index (χ0) is 28.6. The molecule has 1 aliphatic heterocycles. The summed E-state index contributed by atoms with van der Waals surface area (Å²) in [6.45, 7) is 8.28. The highest BCUT2D eigenvalue weighted by Crippen LogP contribution is 2.27. The van der Waals surface area contributed by atoms with E-state index in [1.165, 1.54) is 4.90 Å². The Labute approximate surface area is 235 Å². The number of nitrogens with zero attached hydrogens (tertiary/aromatic N) is 3. The minimum atomic E-state index is -3.99. The van der Waals surface area contributed by atoms with Gasteiger partial charge >= 0.3 is 0 Å². The molecule has 0 radical (unpaired) electrons. The summed E-state index contributed by atoms with van der Waals surface area (Å²) in [5, 5.41) is -0.617. The number of amides is 1. The number of sulfone groups is 2. The van der Waals surface area contributed by atoms with Crippen molar-refractivity contribution in [1.82, 2.24) is 14.9 Å².